The SMILES string of the molecule is CCc1ccc(CNC(=O)CCNC(C)(C)C)cc1. The summed E-state index contributed by atoms with van der Waals surface area (Å²) in [6.45, 7) is 9.75. The van der Waals surface area contributed by atoms with E-state index in [-0.39, 0.29) is 11.4 Å². The topological polar surface area (TPSA) is 41.1 Å². The minimum atomic E-state index is 0.0657. The maximum absolute atomic E-state index is 11.7. The molecule has 0 radical (unpaired) electrons. The smallest absolute Gasteiger partial charge is 0.221 e. The number of hydrogen-bond acceptors (Lipinski definition) is 2. The Bertz CT molecular complexity index is 390. The van der Waals surface area contributed by atoms with Crippen molar-refractivity contribution in [2.75, 3.05) is 6.54 Å². The van der Waals surface area contributed by atoms with Gasteiger partial charge in [0.1, 0.15) is 0 Å². The molecule has 0 atom stereocenters. The van der Waals surface area contributed by atoms with Gasteiger partial charge in [0.15, 0.2) is 0 Å². The second-order valence-electron chi connectivity index (χ2n) is 5.87. The summed E-state index contributed by atoms with van der Waals surface area (Å²) in [5, 5.41) is 6.25. The van der Waals surface area contributed by atoms with E-state index in [2.05, 4.69) is 62.6 Å². The zero-order chi connectivity index (χ0) is 14.3. The fourth-order valence-electron chi connectivity index (χ4n) is 1.73. The van der Waals surface area contributed by atoms with Crippen molar-refractivity contribution in [2.45, 2.75) is 52.6 Å². The van der Waals surface area contributed by atoms with Crippen LogP contribution in [0.3, 0.4) is 0 Å². The van der Waals surface area contributed by atoms with Gasteiger partial charge in [-0.05, 0) is 38.3 Å². The molecule has 1 aromatic carbocycles. The van der Waals surface area contributed by atoms with Crippen LogP contribution in [0, 0.1) is 0 Å². The van der Waals surface area contributed by atoms with Crippen molar-refractivity contribution in [1.82, 2.24) is 10.6 Å². The molecule has 2 N–H and O–H groups in total. The monoisotopic (exact) mass is 262 g/mol. The number of hydrogen-bond donors (Lipinski definition) is 2. The molecule has 0 heterocycles. The Balaban J connectivity index is 2.26. The van der Waals surface area contributed by atoms with Gasteiger partial charge in [0, 0.05) is 25.0 Å². The first kappa shape index (κ1) is 15.7. The molecular weight excluding hydrogens is 236 g/mol. The molecule has 0 saturated heterocycles. The standard InChI is InChI=1S/C16H26N2O/c1-5-13-6-8-14(9-7-13)12-17-15(19)10-11-18-16(2,3)4/h6-9,18H,5,10-12H2,1-4H3,(H,17,19). The Morgan fingerprint density at radius 3 is 2.21 bits per heavy atom. The van der Waals surface area contributed by atoms with Gasteiger partial charge in [0.25, 0.3) is 0 Å². The minimum Gasteiger partial charge on any atom is -0.352 e. The summed E-state index contributed by atoms with van der Waals surface area (Å²) in [7, 11) is 0. The van der Waals surface area contributed by atoms with E-state index in [9.17, 15) is 4.79 Å². The van der Waals surface area contributed by atoms with Gasteiger partial charge >= 0.3 is 0 Å². The van der Waals surface area contributed by atoms with Gasteiger partial charge in [-0.1, -0.05) is 31.2 Å². The van der Waals surface area contributed by atoms with Crippen molar-refractivity contribution in [3.05, 3.63) is 35.4 Å². The van der Waals surface area contributed by atoms with Crippen LogP contribution < -0.4 is 10.6 Å². The van der Waals surface area contributed by atoms with E-state index in [0.29, 0.717) is 19.5 Å². The molecule has 0 unspecified atom stereocenters. The lowest BCUT2D eigenvalue weighted by Crippen LogP contribution is -2.38. The number of nitrogens with one attached hydrogen (secondary N) is 2. The van der Waals surface area contributed by atoms with E-state index in [1.165, 1.54) is 5.56 Å². The first-order chi connectivity index (χ1) is 8.90. The highest BCUT2D eigenvalue weighted by Crippen LogP contribution is 2.04. The van der Waals surface area contributed by atoms with Gasteiger partial charge in [-0.25, -0.2) is 0 Å². The van der Waals surface area contributed by atoms with Crippen LogP contribution in [-0.2, 0) is 17.8 Å². The van der Waals surface area contributed by atoms with E-state index in [4.69, 9.17) is 0 Å². The van der Waals surface area contributed by atoms with E-state index in [1.807, 2.05) is 0 Å². The second kappa shape index (κ2) is 7.29. The average molecular weight is 262 g/mol. The van der Waals surface area contributed by atoms with Crippen LogP contribution in [0.2, 0.25) is 0 Å². The second-order valence-corrected chi connectivity index (χ2v) is 5.87. The zero-order valence-corrected chi connectivity index (χ0v) is 12.5. The Morgan fingerprint density at radius 1 is 1.11 bits per heavy atom. The average Bonchev–Trinajstić information content (AvgIpc) is 2.35. The molecule has 0 aliphatic carbocycles. The number of carbonyl (C=O) groups excluding carboxylic acids is 1. The normalized spacial score (nSPS) is 11.4. The number of carbonyl (C=O) groups is 1. The Kier molecular flexibility index (Phi) is 6.03. The lowest BCUT2D eigenvalue weighted by Gasteiger charge is -2.20. The van der Waals surface area contributed by atoms with Crippen LogP contribution in [0.25, 0.3) is 0 Å². The first-order valence-corrected chi connectivity index (χ1v) is 7.00. The van der Waals surface area contributed by atoms with Crippen LogP contribution in [0.1, 0.15) is 45.2 Å². The van der Waals surface area contributed by atoms with Crippen molar-refractivity contribution < 1.29 is 4.79 Å². The molecule has 0 spiro atoms. The van der Waals surface area contributed by atoms with E-state index in [0.717, 1.165) is 12.0 Å². The molecule has 0 saturated carbocycles. The van der Waals surface area contributed by atoms with Crippen molar-refractivity contribution in [3.8, 4) is 0 Å². The van der Waals surface area contributed by atoms with Crippen molar-refractivity contribution in [3.63, 3.8) is 0 Å². The van der Waals surface area contributed by atoms with Gasteiger partial charge in [-0.3, -0.25) is 4.79 Å². The number of rotatable bonds is 6. The molecule has 3 nitrogen and oxygen atoms in total. The number of amides is 1. The molecule has 1 amide bonds. The quantitative estimate of drug-likeness (QED) is 0.827. The molecule has 0 bridgehead atoms. The van der Waals surface area contributed by atoms with Crippen LogP contribution in [0.15, 0.2) is 24.3 Å². The summed E-state index contributed by atoms with van der Waals surface area (Å²) in [6.07, 6.45) is 1.56. The van der Waals surface area contributed by atoms with Crippen molar-refractivity contribution in [2.24, 2.45) is 0 Å². The summed E-state index contributed by atoms with van der Waals surface area (Å²) < 4.78 is 0. The van der Waals surface area contributed by atoms with Crippen LogP contribution in [-0.4, -0.2) is 18.0 Å². The maximum atomic E-state index is 11.7. The number of benzene rings is 1. The molecule has 0 aromatic heterocycles. The Hall–Kier alpha value is -1.35. The molecule has 1 aromatic rings. The third-order valence-corrected chi connectivity index (χ3v) is 2.93. The van der Waals surface area contributed by atoms with Crippen LogP contribution >= 0.6 is 0 Å². The molecule has 0 aliphatic heterocycles. The minimum absolute atomic E-state index is 0.0657. The molecule has 0 aliphatic rings. The molecule has 3 heteroatoms. The van der Waals surface area contributed by atoms with Gasteiger partial charge < -0.3 is 10.6 Å². The lowest BCUT2D eigenvalue weighted by molar-refractivity contribution is -0.121. The maximum Gasteiger partial charge on any atom is 0.221 e. The summed E-state index contributed by atoms with van der Waals surface area (Å²) in [4.78, 5) is 11.7. The van der Waals surface area contributed by atoms with E-state index < -0.39 is 0 Å². The van der Waals surface area contributed by atoms with Gasteiger partial charge in [0.05, 0.1) is 0 Å². The third-order valence-electron chi connectivity index (χ3n) is 2.93. The van der Waals surface area contributed by atoms with Crippen molar-refractivity contribution in [1.29, 1.82) is 0 Å². The predicted molar refractivity (Wildman–Crippen MR) is 80.0 cm³/mol. The van der Waals surface area contributed by atoms with Crippen molar-refractivity contribution >= 4 is 5.91 Å². The first-order valence-electron chi connectivity index (χ1n) is 7.00. The summed E-state index contributed by atoms with van der Waals surface area (Å²) >= 11 is 0. The Labute approximate surface area is 116 Å². The molecule has 19 heavy (non-hydrogen) atoms. The lowest BCUT2D eigenvalue weighted by atomic mass is 10.1. The highest BCUT2D eigenvalue weighted by Gasteiger charge is 2.09. The summed E-state index contributed by atoms with van der Waals surface area (Å²) in [5.74, 6) is 0.0938. The van der Waals surface area contributed by atoms with Crippen LogP contribution in [0.4, 0.5) is 0 Å². The van der Waals surface area contributed by atoms with Crippen LogP contribution in [0.5, 0.6) is 0 Å². The predicted octanol–water partition coefficient (Wildman–Crippen LogP) is 2.64. The molecular formula is C16H26N2O. The summed E-state index contributed by atoms with van der Waals surface area (Å²) in [5.41, 5.74) is 2.54. The largest absolute Gasteiger partial charge is 0.352 e. The highest BCUT2D eigenvalue weighted by molar-refractivity contribution is 5.76. The molecule has 1 rings (SSSR count). The fraction of sp³-hybridized carbons (Fsp3) is 0.562. The number of aryl methyl sites for hydroxylation is 1. The third kappa shape index (κ3) is 6.97. The molecule has 106 valence electrons. The highest BCUT2D eigenvalue weighted by atomic mass is 16.1. The fourth-order valence-corrected chi connectivity index (χ4v) is 1.73. The summed E-state index contributed by atoms with van der Waals surface area (Å²) in [6, 6.07) is 8.38. The zero-order valence-electron chi connectivity index (χ0n) is 12.5. The van der Waals surface area contributed by atoms with Gasteiger partial charge in [0.2, 0.25) is 5.91 Å². The van der Waals surface area contributed by atoms with Gasteiger partial charge in [-0.2, -0.15) is 0 Å². The Morgan fingerprint density at radius 2 is 1.68 bits per heavy atom. The van der Waals surface area contributed by atoms with Gasteiger partial charge in [-0.15, -0.1) is 0 Å². The van der Waals surface area contributed by atoms with E-state index in [1.54, 1.807) is 0 Å². The molecule has 0 fully saturated rings. The van der Waals surface area contributed by atoms with E-state index >= 15 is 0 Å².